The zero-order chi connectivity index (χ0) is 22.7. The highest BCUT2D eigenvalue weighted by Crippen LogP contribution is 2.38. The Balaban J connectivity index is 0.00000363. The van der Waals surface area contributed by atoms with E-state index in [2.05, 4.69) is 15.2 Å². The number of aliphatic hydroxyl groups excluding tert-OH is 1. The Morgan fingerprint density at radius 3 is 2.53 bits per heavy atom. The van der Waals surface area contributed by atoms with Gasteiger partial charge in [-0.1, -0.05) is 34.5 Å². The fourth-order valence-corrected chi connectivity index (χ4v) is 3.92. The predicted molar refractivity (Wildman–Crippen MR) is 130 cm³/mol. The van der Waals surface area contributed by atoms with Crippen LogP contribution in [-0.4, -0.2) is 52.6 Å². The van der Waals surface area contributed by atoms with Gasteiger partial charge in [0, 0.05) is 30.3 Å². The molecule has 7 nitrogen and oxygen atoms in total. The fraction of sp³-hybridized carbons (Fsp3) is 0.350. The van der Waals surface area contributed by atoms with Crippen LogP contribution in [0.25, 0.3) is 21.1 Å². The lowest BCUT2D eigenvalue weighted by atomic mass is 10.2. The van der Waals surface area contributed by atoms with Gasteiger partial charge in [-0.15, -0.1) is 22.6 Å². The van der Waals surface area contributed by atoms with Crippen LogP contribution in [0.15, 0.2) is 24.3 Å². The van der Waals surface area contributed by atoms with Crippen molar-refractivity contribution < 1.29 is 14.2 Å². The molecular weight excluding hydrogens is 500 g/mol. The summed E-state index contributed by atoms with van der Waals surface area (Å²) in [7, 11) is 1.93. The van der Waals surface area contributed by atoms with Crippen LogP contribution < -0.4 is 15.4 Å². The van der Waals surface area contributed by atoms with E-state index in [1.165, 1.54) is 23.5 Å². The molecule has 174 valence electrons. The molecule has 0 spiro atoms. The third-order valence-electron chi connectivity index (χ3n) is 4.53. The van der Waals surface area contributed by atoms with Crippen LogP contribution in [0.5, 0.6) is 5.75 Å². The number of aromatic nitrogens is 3. The summed E-state index contributed by atoms with van der Waals surface area (Å²) >= 11 is 13.8. The minimum absolute atomic E-state index is 0. The smallest absolute Gasteiger partial charge is 0.165 e. The van der Waals surface area contributed by atoms with Gasteiger partial charge in [0.15, 0.2) is 11.6 Å². The maximum atomic E-state index is 14.5. The third kappa shape index (κ3) is 6.18. The minimum Gasteiger partial charge on any atom is -0.489 e. The van der Waals surface area contributed by atoms with Crippen molar-refractivity contribution in [2.24, 2.45) is 5.73 Å². The summed E-state index contributed by atoms with van der Waals surface area (Å²) in [5.74, 6) is 0.0414. The van der Waals surface area contributed by atoms with Crippen molar-refractivity contribution in [2.45, 2.75) is 25.9 Å². The van der Waals surface area contributed by atoms with Crippen LogP contribution in [0.2, 0.25) is 10.2 Å². The molecule has 12 heteroatoms. The molecule has 2 heterocycles. The first-order chi connectivity index (χ1) is 14.7. The number of benzene rings is 1. The number of halogens is 4. The van der Waals surface area contributed by atoms with Crippen molar-refractivity contribution in [3.05, 3.63) is 40.3 Å². The van der Waals surface area contributed by atoms with Crippen molar-refractivity contribution in [1.82, 2.24) is 15.2 Å². The first-order valence-electron chi connectivity index (χ1n) is 9.42. The molecule has 0 saturated heterocycles. The zero-order valence-electron chi connectivity index (χ0n) is 17.6. The first-order valence-corrected chi connectivity index (χ1v) is 11.0. The number of aliphatic hydroxyl groups is 1. The molecule has 0 radical (unpaired) electrons. The van der Waals surface area contributed by atoms with Gasteiger partial charge in [-0.2, -0.15) is 0 Å². The van der Waals surface area contributed by atoms with Crippen LogP contribution in [0.3, 0.4) is 0 Å². The summed E-state index contributed by atoms with van der Waals surface area (Å²) in [5.41, 5.74) is 6.72. The summed E-state index contributed by atoms with van der Waals surface area (Å²) in [6.45, 7) is 3.79. The molecule has 0 amide bonds. The van der Waals surface area contributed by atoms with Gasteiger partial charge in [0.2, 0.25) is 0 Å². The maximum absolute atomic E-state index is 14.5. The van der Waals surface area contributed by atoms with Crippen LogP contribution in [0.4, 0.5) is 10.2 Å². The van der Waals surface area contributed by atoms with Crippen molar-refractivity contribution in [1.29, 1.82) is 0 Å². The summed E-state index contributed by atoms with van der Waals surface area (Å²) in [6.07, 6.45) is 0. The van der Waals surface area contributed by atoms with E-state index in [0.717, 1.165) is 5.56 Å². The molecule has 32 heavy (non-hydrogen) atoms. The van der Waals surface area contributed by atoms with E-state index in [4.69, 9.17) is 38.8 Å². The van der Waals surface area contributed by atoms with E-state index >= 15 is 0 Å². The van der Waals surface area contributed by atoms with Gasteiger partial charge in [-0.05, 0) is 32.0 Å². The van der Waals surface area contributed by atoms with E-state index in [1.54, 1.807) is 6.07 Å². The predicted octanol–water partition coefficient (Wildman–Crippen LogP) is 4.68. The second-order valence-electron chi connectivity index (χ2n) is 7.17. The second-order valence-corrected chi connectivity index (χ2v) is 8.94. The Hall–Kier alpha value is -1.75. The van der Waals surface area contributed by atoms with Crippen molar-refractivity contribution in [2.75, 3.05) is 25.2 Å². The molecule has 0 aliphatic heterocycles. The Kier molecular flexibility index (Phi) is 9.44. The minimum atomic E-state index is -0.617. The molecule has 0 bridgehead atoms. The summed E-state index contributed by atoms with van der Waals surface area (Å²) < 4.78 is 19.8. The highest BCUT2D eigenvalue weighted by atomic mass is 35.5. The Labute approximate surface area is 205 Å². The van der Waals surface area contributed by atoms with E-state index < -0.39 is 11.9 Å². The number of hydrogen-bond donors (Lipinski definition) is 2. The molecule has 0 aliphatic carbocycles. The average molecular weight is 523 g/mol. The second kappa shape index (κ2) is 11.4. The Bertz CT molecular complexity index is 1070. The van der Waals surface area contributed by atoms with Gasteiger partial charge >= 0.3 is 0 Å². The molecule has 0 saturated carbocycles. The lowest BCUT2D eigenvalue weighted by Crippen LogP contribution is -2.31. The SMILES string of the molecule is CC(C)N(C)c1cc(-c2nnc(-c3cc(F)c(OC[C@@H](N)CO)cc3Cl)s2)cc(Cl)n1.Cl. The number of pyridine rings is 1. The summed E-state index contributed by atoms with van der Waals surface area (Å²) in [4.78, 5) is 6.35. The van der Waals surface area contributed by atoms with Gasteiger partial charge in [0.05, 0.1) is 17.7 Å². The molecule has 2 aromatic heterocycles. The highest BCUT2D eigenvalue weighted by molar-refractivity contribution is 7.18. The third-order valence-corrected chi connectivity index (χ3v) is 6.04. The quantitative estimate of drug-likeness (QED) is 0.415. The number of ether oxygens (including phenoxy) is 1. The number of rotatable bonds is 8. The van der Waals surface area contributed by atoms with Gasteiger partial charge < -0.3 is 20.5 Å². The molecule has 3 aromatic rings. The van der Waals surface area contributed by atoms with Crippen LogP contribution in [0, 0.1) is 5.82 Å². The van der Waals surface area contributed by atoms with E-state index in [1.807, 2.05) is 31.9 Å². The van der Waals surface area contributed by atoms with Crippen molar-refractivity contribution in [3.8, 4) is 26.9 Å². The zero-order valence-corrected chi connectivity index (χ0v) is 20.7. The lowest BCUT2D eigenvalue weighted by Gasteiger charge is -2.23. The fourth-order valence-electron chi connectivity index (χ4n) is 2.55. The summed E-state index contributed by atoms with van der Waals surface area (Å²) in [5, 5.41) is 19.0. The van der Waals surface area contributed by atoms with E-state index in [-0.39, 0.29) is 42.4 Å². The molecule has 1 aromatic carbocycles. The molecule has 3 N–H and O–H groups in total. The lowest BCUT2D eigenvalue weighted by molar-refractivity contribution is 0.202. The highest BCUT2D eigenvalue weighted by Gasteiger charge is 2.18. The molecule has 0 unspecified atom stereocenters. The number of hydrogen-bond acceptors (Lipinski definition) is 8. The van der Waals surface area contributed by atoms with Crippen LogP contribution >= 0.6 is 46.9 Å². The van der Waals surface area contributed by atoms with Crippen molar-refractivity contribution in [3.63, 3.8) is 0 Å². The largest absolute Gasteiger partial charge is 0.489 e. The number of nitrogens with zero attached hydrogens (tertiary/aromatic N) is 4. The Morgan fingerprint density at radius 2 is 1.88 bits per heavy atom. The van der Waals surface area contributed by atoms with E-state index in [9.17, 15) is 4.39 Å². The molecule has 0 fully saturated rings. The van der Waals surface area contributed by atoms with Crippen molar-refractivity contribution >= 4 is 52.8 Å². The van der Waals surface area contributed by atoms with Gasteiger partial charge in [-0.25, -0.2) is 9.37 Å². The molecule has 3 rings (SSSR count). The first kappa shape index (κ1) is 26.5. The normalized spacial score (nSPS) is 11.9. The monoisotopic (exact) mass is 521 g/mol. The number of nitrogens with two attached hydrogens (primary N) is 1. The molecule has 0 aliphatic rings. The molecule has 1 atom stereocenters. The van der Waals surface area contributed by atoms with Crippen LogP contribution in [0.1, 0.15) is 13.8 Å². The average Bonchev–Trinajstić information content (AvgIpc) is 3.22. The molecular formula is C20H23Cl3FN5O2S. The summed E-state index contributed by atoms with van der Waals surface area (Å²) in [6, 6.07) is 5.79. The van der Waals surface area contributed by atoms with Gasteiger partial charge in [0.1, 0.15) is 27.6 Å². The standard InChI is InChI=1S/C20H22Cl2FN5O2S.ClH/c1-10(2)28(3)18-5-11(4-17(22)25-18)19-26-27-20(31-19)13-6-15(23)16(7-14(13)21)30-9-12(24)8-29;/h4-7,10,12,29H,8-9,24H2,1-3H3;1H/t12-;/m0./s1. The van der Waals surface area contributed by atoms with Gasteiger partial charge in [0.25, 0.3) is 0 Å². The Morgan fingerprint density at radius 1 is 1.19 bits per heavy atom. The maximum Gasteiger partial charge on any atom is 0.165 e. The topological polar surface area (TPSA) is 97.4 Å². The van der Waals surface area contributed by atoms with Gasteiger partial charge in [-0.3, -0.25) is 0 Å². The number of anilines is 1. The van der Waals surface area contributed by atoms with Crippen LogP contribution in [-0.2, 0) is 0 Å². The van der Waals surface area contributed by atoms with E-state index in [0.29, 0.717) is 26.5 Å².